The topological polar surface area (TPSA) is 51.2 Å². The van der Waals surface area contributed by atoms with E-state index in [1.165, 1.54) is 11.3 Å². The largest absolute Gasteiger partial charge is 0.444 e. The van der Waals surface area contributed by atoms with Gasteiger partial charge in [0, 0.05) is 18.3 Å². The van der Waals surface area contributed by atoms with E-state index in [1.807, 2.05) is 26.2 Å². The fraction of sp³-hybridized carbons (Fsp3) is 0.600. The first-order chi connectivity index (χ1) is 7.37. The molecule has 4 nitrogen and oxygen atoms in total. The van der Waals surface area contributed by atoms with E-state index in [9.17, 15) is 4.79 Å². The van der Waals surface area contributed by atoms with Gasteiger partial charge >= 0.3 is 6.09 Å². The van der Waals surface area contributed by atoms with Crippen molar-refractivity contribution >= 4 is 33.4 Å². The first kappa shape index (κ1) is 13.4. The number of hydrogen-bond acceptors (Lipinski definition) is 4. The molecule has 1 heterocycles. The van der Waals surface area contributed by atoms with Crippen molar-refractivity contribution in [2.45, 2.75) is 32.8 Å². The van der Waals surface area contributed by atoms with Gasteiger partial charge in [-0.3, -0.25) is 0 Å². The Kier molecular flexibility index (Phi) is 4.73. The minimum Gasteiger partial charge on any atom is -0.444 e. The van der Waals surface area contributed by atoms with E-state index < -0.39 is 5.60 Å². The van der Waals surface area contributed by atoms with Crippen molar-refractivity contribution in [1.29, 1.82) is 0 Å². The third-order valence-electron chi connectivity index (χ3n) is 1.57. The fourth-order valence-electron chi connectivity index (χ4n) is 1.00. The molecule has 0 fully saturated rings. The molecule has 1 amide bonds. The molecule has 0 radical (unpaired) electrons. The highest BCUT2D eigenvalue weighted by Crippen LogP contribution is 2.15. The number of hydrogen-bond donors (Lipinski definition) is 1. The van der Waals surface area contributed by atoms with Gasteiger partial charge in [0.1, 0.15) is 5.60 Å². The third kappa shape index (κ3) is 5.46. The average molecular weight is 307 g/mol. The lowest BCUT2D eigenvalue weighted by Gasteiger charge is -2.19. The number of nitrogens with zero attached hydrogens (tertiary/aromatic N) is 1. The summed E-state index contributed by atoms with van der Waals surface area (Å²) in [6, 6.07) is 0. The van der Waals surface area contributed by atoms with Gasteiger partial charge < -0.3 is 10.1 Å². The van der Waals surface area contributed by atoms with Gasteiger partial charge in [-0.05, 0) is 36.7 Å². The lowest BCUT2D eigenvalue weighted by atomic mass is 10.2. The summed E-state index contributed by atoms with van der Waals surface area (Å²) in [5.41, 5.74) is 0.515. The van der Waals surface area contributed by atoms with E-state index in [0.29, 0.717) is 13.0 Å². The molecule has 0 aliphatic heterocycles. The molecule has 0 bridgehead atoms. The van der Waals surface area contributed by atoms with Crippen LogP contribution in [0.4, 0.5) is 4.79 Å². The number of carbonyl (C=O) groups is 1. The fourth-order valence-corrected chi connectivity index (χ4v) is 2.09. The smallest absolute Gasteiger partial charge is 0.407 e. The maximum atomic E-state index is 11.3. The highest BCUT2D eigenvalue weighted by atomic mass is 79.9. The molecule has 16 heavy (non-hydrogen) atoms. The van der Waals surface area contributed by atoms with Gasteiger partial charge in [-0.15, -0.1) is 11.3 Å². The van der Waals surface area contributed by atoms with Crippen molar-refractivity contribution in [3.05, 3.63) is 15.0 Å². The molecule has 0 saturated heterocycles. The summed E-state index contributed by atoms with van der Waals surface area (Å²) >= 11 is 4.82. The molecule has 0 aromatic carbocycles. The lowest BCUT2D eigenvalue weighted by Crippen LogP contribution is -2.33. The first-order valence-electron chi connectivity index (χ1n) is 4.93. The summed E-state index contributed by atoms with van der Waals surface area (Å²) in [6.45, 7) is 6.05. The molecule has 6 heteroatoms. The molecular formula is C10H15BrN2O2S. The van der Waals surface area contributed by atoms with Crippen LogP contribution in [-0.4, -0.2) is 23.2 Å². The predicted octanol–water partition coefficient (Wildman–Crippen LogP) is 2.97. The molecule has 0 spiro atoms. The van der Waals surface area contributed by atoms with Crippen LogP contribution >= 0.6 is 27.3 Å². The summed E-state index contributed by atoms with van der Waals surface area (Å²) in [5.74, 6) is 0. The van der Waals surface area contributed by atoms with Crippen molar-refractivity contribution < 1.29 is 9.53 Å². The van der Waals surface area contributed by atoms with Crippen LogP contribution in [0.3, 0.4) is 0 Å². The second-order valence-corrected chi connectivity index (χ2v) is 6.40. The minimum atomic E-state index is -0.451. The molecule has 0 aliphatic rings. The molecule has 1 aromatic heterocycles. The molecule has 1 aromatic rings. The molecule has 0 unspecified atom stereocenters. The molecule has 0 aliphatic carbocycles. The van der Waals surface area contributed by atoms with Gasteiger partial charge in [0.2, 0.25) is 0 Å². The normalized spacial score (nSPS) is 11.2. The van der Waals surface area contributed by atoms with Crippen LogP contribution in [0.25, 0.3) is 0 Å². The number of halogens is 1. The monoisotopic (exact) mass is 306 g/mol. The van der Waals surface area contributed by atoms with Crippen molar-refractivity contribution in [3.8, 4) is 0 Å². The van der Waals surface area contributed by atoms with Crippen LogP contribution in [0.1, 0.15) is 26.5 Å². The predicted molar refractivity (Wildman–Crippen MR) is 67.8 cm³/mol. The van der Waals surface area contributed by atoms with Gasteiger partial charge in [0.05, 0.1) is 5.69 Å². The number of carbonyl (C=O) groups excluding carboxylic acids is 1. The van der Waals surface area contributed by atoms with Gasteiger partial charge in [-0.25, -0.2) is 9.78 Å². The lowest BCUT2D eigenvalue weighted by molar-refractivity contribution is 0.0528. The Morgan fingerprint density at radius 1 is 1.62 bits per heavy atom. The van der Waals surface area contributed by atoms with Gasteiger partial charge in [0.15, 0.2) is 3.92 Å². The Morgan fingerprint density at radius 3 is 2.81 bits per heavy atom. The standard InChI is InChI=1S/C10H15BrN2O2S/c1-10(2,3)15-9(14)12-5-4-7-6-16-8(11)13-7/h6H,4-5H2,1-3H3,(H,12,14). The SMILES string of the molecule is CC(C)(C)OC(=O)NCCc1csc(Br)n1. The Bertz CT molecular complexity index is 360. The molecule has 0 atom stereocenters. The van der Waals surface area contributed by atoms with Gasteiger partial charge in [-0.2, -0.15) is 0 Å². The molecule has 90 valence electrons. The van der Waals surface area contributed by atoms with Gasteiger partial charge in [-0.1, -0.05) is 0 Å². The zero-order valence-corrected chi connectivity index (χ0v) is 11.9. The molecule has 0 saturated carbocycles. The Labute approximate surface area is 108 Å². The van der Waals surface area contributed by atoms with Crippen molar-refractivity contribution in [3.63, 3.8) is 0 Å². The maximum Gasteiger partial charge on any atom is 0.407 e. The van der Waals surface area contributed by atoms with Gasteiger partial charge in [0.25, 0.3) is 0 Å². The quantitative estimate of drug-likeness (QED) is 0.934. The molecule has 1 rings (SSSR count). The molecule has 1 N–H and O–H groups in total. The van der Waals surface area contributed by atoms with Crippen LogP contribution in [0.15, 0.2) is 9.30 Å². The second kappa shape index (κ2) is 5.63. The van der Waals surface area contributed by atoms with Crippen LogP contribution in [0.2, 0.25) is 0 Å². The average Bonchev–Trinajstić information content (AvgIpc) is 2.48. The van der Waals surface area contributed by atoms with E-state index >= 15 is 0 Å². The Balaban J connectivity index is 2.23. The Morgan fingerprint density at radius 2 is 2.31 bits per heavy atom. The number of thiazole rings is 1. The highest BCUT2D eigenvalue weighted by molar-refractivity contribution is 9.11. The van der Waals surface area contributed by atoms with E-state index in [-0.39, 0.29) is 6.09 Å². The number of ether oxygens (including phenoxy) is 1. The van der Waals surface area contributed by atoms with E-state index in [1.54, 1.807) is 0 Å². The Hall–Kier alpha value is -0.620. The number of nitrogens with one attached hydrogen (secondary N) is 1. The second-order valence-electron chi connectivity index (χ2n) is 4.27. The van der Waals surface area contributed by atoms with Crippen molar-refractivity contribution in [2.75, 3.05) is 6.54 Å². The summed E-state index contributed by atoms with van der Waals surface area (Å²) in [6.07, 6.45) is 0.322. The van der Waals surface area contributed by atoms with Crippen LogP contribution in [0, 0.1) is 0 Å². The minimum absolute atomic E-state index is 0.387. The van der Waals surface area contributed by atoms with Crippen LogP contribution < -0.4 is 5.32 Å². The van der Waals surface area contributed by atoms with E-state index in [4.69, 9.17) is 4.74 Å². The first-order valence-corrected chi connectivity index (χ1v) is 6.61. The summed E-state index contributed by atoms with van der Waals surface area (Å²) in [7, 11) is 0. The van der Waals surface area contributed by atoms with Crippen molar-refractivity contribution in [1.82, 2.24) is 10.3 Å². The van der Waals surface area contributed by atoms with Crippen LogP contribution in [-0.2, 0) is 11.2 Å². The zero-order valence-electron chi connectivity index (χ0n) is 9.54. The number of rotatable bonds is 3. The molecular weight excluding hydrogens is 292 g/mol. The maximum absolute atomic E-state index is 11.3. The summed E-state index contributed by atoms with van der Waals surface area (Å²) < 4.78 is 5.96. The van der Waals surface area contributed by atoms with E-state index in [0.717, 1.165) is 9.61 Å². The number of alkyl carbamates (subject to hydrolysis) is 1. The highest BCUT2D eigenvalue weighted by Gasteiger charge is 2.15. The van der Waals surface area contributed by atoms with Crippen LogP contribution in [0.5, 0.6) is 0 Å². The number of aromatic nitrogens is 1. The summed E-state index contributed by atoms with van der Waals surface area (Å²) in [4.78, 5) is 15.5. The van der Waals surface area contributed by atoms with Crippen molar-refractivity contribution in [2.24, 2.45) is 0 Å². The third-order valence-corrected chi connectivity index (χ3v) is 2.99. The van der Waals surface area contributed by atoms with E-state index in [2.05, 4.69) is 26.2 Å². The zero-order chi connectivity index (χ0) is 12.2. The number of amides is 1. The summed E-state index contributed by atoms with van der Waals surface area (Å²) in [5, 5.41) is 4.64.